The van der Waals surface area contributed by atoms with Gasteiger partial charge in [0.2, 0.25) is 9.84 Å². The van der Waals surface area contributed by atoms with Gasteiger partial charge in [0.1, 0.15) is 5.82 Å². The lowest BCUT2D eigenvalue weighted by atomic mass is 10.2. The predicted octanol–water partition coefficient (Wildman–Crippen LogP) is 2.78. The van der Waals surface area contributed by atoms with Crippen molar-refractivity contribution in [3.05, 3.63) is 60.5 Å². The van der Waals surface area contributed by atoms with E-state index in [2.05, 4.69) is 4.98 Å². The zero-order valence-electron chi connectivity index (χ0n) is 13.8. The average Bonchev–Trinajstić information content (AvgIpc) is 3.07. The molecule has 1 aliphatic heterocycles. The number of fused-ring (bicyclic) bond motifs is 1. The number of halogens is 1. The summed E-state index contributed by atoms with van der Waals surface area (Å²) in [7, 11) is -3.85. The summed E-state index contributed by atoms with van der Waals surface area (Å²) in [6.45, 7) is 1.26. The average molecular weight is 372 g/mol. The maximum atomic E-state index is 13.4. The Morgan fingerprint density at radius 3 is 2.65 bits per heavy atom. The van der Waals surface area contributed by atoms with Gasteiger partial charge in [-0.1, -0.05) is 18.2 Å². The van der Waals surface area contributed by atoms with Crippen molar-refractivity contribution >= 4 is 26.4 Å². The van der Waals surface area contributed by atoms with E-state index in [1.165, 1.54) is 24.4 Å². The number of para-hydroxylation sites is 1. The molecule has 0 bridgehead atoms. The molecule has 4 rings (SSSR count). The van der Waals surface area contributed by atoms with E-state index in [-0.39, 0.29) is 15.9 Å². The van der Waals surface area contributed by atoms with Gasteiger partial charge in [-0.05, 0) is 36.8 Å². The minimum Gasteiger partial charge on any atom is -0.391 e. The van der Waals surface area contributed by atoms with Crippen molar-refractivity contribution in [1.29, 1.82) is 0 Å². The first-order valence-corrected chi connectivity index (χ1v) is 9.76. The summed E-state index contributed by atoms with van der Waals surface area (Å²) in [5, 5.41) is 10.4. The van der Waals surface area contributed by atoms with Gasteiger partial charge in [-0.25, -0.2) is 12.8 Å². The number of pyridine rings is 1. The zero-order chi connectivity index (χ0) is 18.3. The van der Waals surface area contributed by atoms with Gasteiger partial charge in [-0.2, -0.15) is 0 Å². The van der Waals surface area contributed by atoms with Gasteiger partial charge < -0.3 is 10.0 Å². The van der Waals surface area contributed by atoms with E-state index in [1.54, 1.807) is 12.1 Å². The van der Waals surface area contributed by atoms with Gasteiger partial charge in [0, 0.05) is 24.7 Å². The van der Waals surface area contributed by atoms with Crippen LogP contribution < -0.4 is 4.90 Å². The zero-order valence-corrected chi connectivity index (χ0v) is 14.7. The van der Waals surface area contributed by atoms with E-state index >= 15 is 0 Å². The molecule has 3 aromatic rings. The van der Waals surface area contributed by atoms with Crippen molar-refractivity contribution in [2.75, 3.05) is 18.0 Å². The van der Waals surface area contributed by atoms with Crippen molar-refractivity contribution in [1.82, 2.24) is 4.98 Å². The molecular formula is C19H17FN2O3S. The molecule has 0 unspecified atom stereocenters. The number of hydrogen-bond acceptors (Lipinski definition) is 5. The molecule has 5 nitrogen and oxygen atoms in total. The van der Waals surface area contributed by atoms with Crippen molar-refractivity contribution in [3.63, 3.8) is 0 Å². The van der Waals surface area contributed by atoms with Crippen LogP contribution in [0.3, 0.4) is 0 Å². The molecule has 1 N–H and O–H groups in total. The quantitative estimate of drug-likeness (QED) is 0.766. The Morgan fingerprint density at radius 1 is 1.12 bits per heavy atom. The summed E-state index contributed by atoms with van der Waals surface area (Å²) >= 11 is 0. The number of hydrogen-bond donors (Lipinski definition) is 1. The van der Waals surface area contributed by atoms with Crippen LogP contribution in [-0.4, -0.2) is 37.7 Å². The highest BCUT2D eigenvalue weighted by atomic mass is 32.2. The fraction of sp³-hybridized carbons (Fsp3) is 0.211. The second-order valence-corrected chi connectivity index (χ2v) is 8.32. The number of β-amino-alcohol motifs (C(OH)–C–C–N with tert-alkyl or cyclic N) is 1. The maximum Gasteiger partial charge on any atom is 0.208 e. The predicted molar refractivity (Wildman–Crippen MR) is 96.4 cm³/mol. The third kappa shape index (κ3) is 2.93. The van der Waals surface area contributed by atoms with Gasteiger partial charge in [-0.3, -0.25) is 4.98 Å². The van der Waals surface area contributed by atoms with E-state index < -0.39 is 15.7 Å². The summed E-state index contributed by atoms with van der Waals surface area (Å²) in [6, 6.07) is 12.0. The number of aliphatic hydroxyl groups excluding tert-OH is 1. The molecule has 1 atom stereocenters. The molecule has 1 aromatic heterocycles. The Hall–Kier alpha value is -2.51. The van der Waals surface area contributed by atoms with Crippen LogP contribution >= 0.6 is 0 Å². The molecule has 0 amide bonds. The van der Waals surface area contributed by atoms with Crippen molar-refractivity contribution in [2.24, 2.45) is 0 Å². The number of anilines is 1. The number of aliphatic hydroxyl groups is 1. The third-order valence-electron chi connectivity index (χ3n) is 4.59. The highest BCUT2D eigenvalue weighted by Gasteiger charge is 2.23. The molecule has 2 aromatic carbocycles. The van der Waals surface area contributed by atoms with E-state index in [1.807, 2.05) is 17.0 Å². The van der Waals surface area contributed by atoms with Crippen LogP contribution in [0.1, 0.15) is 6.42 Å². The van der Waals surface area contributed by atoms with Gasteiger partial charge >= 0.3 is 0 Å². The second kappa shape index (κ2) is 6.34. The molecule has 0 spiro atoms. The molecule has 1 saturated heterocycles. The summed E-state index contributed by atoms with van der Waals surface area (Å²) in [6.07, 6.45) is 1.64. The second-order valence-electron chi connectivity index (χ2n) is 6.37. The van der Waals surface area contributed by atoms with E-state index in [0.717, 1.165) is 18.3 Å². The fourth-order valence-electron chi connectivity index (χ4n) is 3.26. The van der Waals surface area contributed by atoms with Gasteiger partial charge in [-0.15, -0.1) is 0 Å². The Labute approximate surface area is 150 Å². The molecule has 7 heteroatoms. The van der Waals surface area contributed by atoms with E-state index in [0.29, 0.717) is 23.9 Å². The van der Waals surface area contributed by atoms with Crippen LogP contribution in [0.15, 0.2) is 64.5 Å². The highest BCUT2D eigenvalue weighted by molar-refractivity contribution is 7.91. The lowest BCUT2D eigenvalue weighted by Gasteiger charge is -2.19. The lowest BCUT2D eigenvalue weighted by molar-refractivity contribution is 0.198. The summed E-state index contributed by atoms with van der Waals surface area (Å²) in [5.74, 6) is -0.602. The van der Waals surface area contributed by atoms with Gasteiger partial charge in [0.05, 0.1) is 27.1 Å². The molecule has 0 aliphatic carbocycles. The SMILES string of the molecule is O=S(=O)(c1cccc(F)c1)c1cnc2c(N3CC[C@H](O)C3)cccc2c1. The Kier molecular flexibility index (Phi) is 4.13. The normalized spacial score (nSPS) is 17.8. The number of sulfone groups is 1. The third-order valence-corrected chi connectivity index (χ3v) is 6.30. The first-order valence-electron chi connectivity index (χ1n) is 8.27. The molecule has 1 aliphatic rings. The first-order chi connectivity index (χ1) is 12.4. The van der Waals surface area contributed by atoms with Gasteiger partial charge in [0.15, 0.2) is 0 Å². The van der Waals surface area contributed by atoms with E-state index in [4.69, 9.17) is 0 Å². The first kappa shape index (κ1) is 16.9. The number of rotatable bonds is 3. The van der Waals surface area contributed by atoms with Crippen molar-refractivity contribution in [2.45, 2.75) is 22.3 Å². The Balaban J connectivity index is 1.79. The molecule has 0 saturated carbocycles. The largest absolute Gasteiger partial charge is 0.391 e. The molecule has 26 heavy (non-hydrogen) atoms. The van der Waals surface area contributed by atoms with Crippen LogP contribution in [0.25, 0.3) is 10.9 Å². The van der Waals surface area contributed by atoms with Crippen LogP contribution in [0, 0.1) is 5.82 Å². The highest BCUT2D eigenvalue weighted by Crippen LogP contribution is 2.30. The van der Waals surface area contributed by atoms with Crippen molar-refractivity contribution in [3.8, 4) is 0 Å². The fourth-order valence-corrected chi connectivity index (χ4v) is 4.53. The number of aromatic nitrogens is 1. The summed E-state index contributed by atoms with van der Waals surface area (Å²) in [4.78, 5) is 6.33. The number of nitrogens with zero attached hydrogens (tertiary/aromatic N) is 2. The van der Waals surface area contributed by atoms with E-state index in [9.17, 15) is 17.9 Å². The summed E-state index contributed by atoms with van der Waals surface area (Å²) in [5.41, 5.74) is 1.55. The molecule has 1 fully saturated rings. The minimum atomic E-state index is -3.85. The topological polar surface area (TPSA) is 70.5 Å². The molecule has 134 valence electrons. The van der Waals surface area contributed by atoms with Crippen LogP contribution in [-0.2, 0) is 9.84 Å². The standard InChI is InChI=1S/C19H17FN2O3S/c20-14-4-2-5-16(10-14)26(24,25)17-9-13-3-1-6-18(19(13)21-11-17)22-8-7-15(23)12-22/h1-6,9-11,15,23H,7-8,12H2/t15-/m0/s1. The minimum absolute atomic E-state index is 0.0224. The van der Waals surface area contributed by atoms with Gasteiger partial charge in [0.25, 0.3) is 0 Å². The smallest absolute Gasteiger partial charge is 0.208 e. The molecule has 2 heterocycles. The van der Waals surface area contributed by atoms with Crippen LogP contribution in [0.4, 0.5) is 10.1 Å². The number of benzene rings is 2. The maximum absolute atomic E-state index is 13.4. The van der Waals surface area contributed by atoms with Crippen molar-refractivity contribution < 1.29 is 17.9 Å². The van der Waals surface area contributed by atoms with Crippen LogP contribution in [0.2, 0.25) is 0 Å². The monoisotopic (exact) mass is 372 g/mol. The molecule has 0 radical (unpaired) electrons. The Bertz CT molecular complexity index is 1090. The molecular weight excluding hydrogens is 355 g/mol. The summed E-state index contributed by atoms with van der Waals surface area (Å²) < 4.78 is 38.9. The van der Waals surface area contributed by atoms with Crippen LogP contribution in [0.5, 0.6) is 0 Å². The Morgan fingerprint density at radius 2 is 1.92 bits per heavy atom. The lowest BCUT2D eigenvalue weighted by Crippen LogP contribution is -2.21.